The largest absolute Gasteiger partial charge is 0.291 e. The maximum Gasteiger partial charge on any atom is 0.156 e. The Labute approximate surface area is 403 Å². The molecule has 3 heteroatoms. The van der Waals surface area contributed by atoms with Crippen molar-refractivity contribution in [1.82, 2.24) is 9.38 Å². The Morgan fingerprint density at radius 2 is 0.928 bits per heavy atom. The van der Waals surface area contributed by atoms with Crippen LogP contribution in [0.5, 0.6) is 0 Å². The zero-order chi connectivity index (χ0) is 45.5. The molecule has 322 valence electrons. The summed E-state index contributed by atoms with van der Waals surface area (Å²) in [6.45, 7) is 4.68. The maximum absolute atomic E-state index is 5.48. The van der Waals surface area contributed by atoms with Crippen LogP contribution in [-0.2, 0) is 5.41 Å². The Morgan fingerprint density at radius 3 is 1.62 bits per heavy atom. The third kappa shape index (κ3) is 5.75. The van der Waals surface area contributed by atoms with Gasteiger partial charge in [-0.05, 0) is 153 Å². The number of rotatable bonds is 4. The van der Waals surface area contributed by atoms with Crippen LogP contribution >= 0.6 is 11.3 Å². The van der Waals surface area contributed by atoms with E-state index >= 15 is 0 Å². The molecule has 0 saturated heterocycles. The molecule has 0 aliphatic heterocycles. The lowest BCUT2D eigenvalue weighted by Gasteiger charge is -2.21. The van der Waals surface area contributed by atoms with E-state index in [0.29, 0.717) is 0 Å². The van der Waals surface area contributed by atoms with Crippen LogP contribution in [0.1, 0.15) is 25.0 Å². The Balaban J connectivity index is 0.837. The molecular weight excluding hydrogens is 853 g/mol. The second-order valence-electron chi connectivity index (χ2n) is 19.5. The van der Waals surface area contributed by atoms with Crippen molar-refractivity contribution in [2.45, 2.75) is 19.3 Å². The predicted octanol–water partition coefficient (Wildman–Crippen LogP) is 18.4. The van der Waals surface area contributed by atoms with Crippen molar-refractivity contribution in [3.05, 3.63) is 230 Å². The van der Waals surface area contributed by atoms with Gasteiger partial charge in [0.05, 0.1) is 21.4 Å². The van der Waals surface area contributed by atoms with E-state index in [1.54, 1.807) is 0 Å². The first kappa shape index (κ1) is 38.7. The number of fused-ring (bicyclic) bond motifs is 14. The first-order valence-corrected chi connectivity index (χ1v) is 24.7. The molecule has 1 aliphatic rings. The van der Waals surface area contributed by atoms with Crippen LogP contribution in [0.3, 0.4) is 0 Å². The third-order valence-corrected chi connectivity index (χ3v) is 16.5. The zero-order valence-electron chi connectivity index (χ0n) is 38.1. The average Bonchev–Trinajstić information content (AvgIpc) is 4.02. The van der Waals surface area contributed by atoms with Crippen LogP contribution in [0, 0.1) is 0 Å². The van der Waals surface area contributed by atoms with Gasteiger partial charge in [-0.2, -0.15) is 0 Å². The van der Waals surface area contributed by atoms with E-state index in [9.17, 15) is 0 Å². The van der Waals surface area contributed by atoms with Crippen LogP contribution in [0.2, 0.25) is 0 Å². The maximum atomic E-state index is 5.48. The van der Waals surface area contributed by atoms with Crippen molar-refractivity contribution in [1.29, 1.82) is 0 Å². The van der Waals surface area contributed by atoms with Gasteiger partial charge in [0.15, 0.2) is 5.65 Å². The van der Waals surface area contributed by atoms with Gasteiger partial charge in [-0.15, -0.1) is 11.3 Å². The first-order valence-electron chi connectivity index (χ1n) is 23.9. The Bertz CT molecular complexity index is 4470. The van der Waals surface area contributed by atoms with Gasteiger partial charge >= 0.3 is 0 Å². The first-order chi connectivity index (χ1) is 33.9. The monoisotopic (exact) mass is 894 g/mol. The van der Waals surface area contributed by atoms with E-state index in [4.69, 9.17) is 4.98 Å². The zero-order valence-corrected chi connectivity index (χ0v) is 38.9. The number of benzene rings is 11. The lowest BCUT2D eigenvalue weighted by molar-refractivity contribution is 0.660. The van der Waals surface area contributed by atoms with Gasteiger partial charge in [-0.25, -0.2) is 4.98 Å². The second kappa shape index (κ2) is 14.3. The second-order valence-corrected chi connectivity index (χ2v) is 20.6. The molecule has 0 radical (unpaired) electrons. The van der Waals surface area contributed by atoms with E-state index in [1.807, 2.05) is 11.3 Å². The molecular formula is C66H42N2S. The molecule has 15 rings (SSSR count). The van der Waals surface area contributed by atoms with Crippen molar-refractivity contribution < 1.29 is 0 Å². The van der Waals surface area contributed by atoms with Gasteiger partial charge in [0.1, 0.15) is 0 Å². The molecule has 0 amide bonds. The highest BCUT2D eigenvalue weighted by molar-refractivity contribution is 7.26. The number of pyridine rings is 1. The summed E-state index contributed by atoms with van der Waals surface area (Å²) in [5.41, 5.74) is 18.3. The summed E-state index contributed by atoms with van der Waals surface area (Å²) in [6.07, 6.45) is 0. The molecule has 3 aromatic heterocycles. The number of imidazole rings is 1. The highest BCUT2D eigenvalue weighted by Crippen LogP contribution is 2.50. The van der Waals surface area contributed by atoms with Gasteiger partial charge in [-0.3, -0.25) is 4.40 Å². The van der Waals surface area contributed by atoms with Crippen molar-refractivity contribution in [3.63, 3.8) is 0 Å². The van der Waals surface area contributed by atoms with Crippen LogP contribution < -0.4 is 0 Å². The lowest BCUT2D eigenvalue weighted by atomic mass is 9.82. The number of aromatic nitrogens is 2. The summed E-state index contributed by atoms with van der Waals surface area (Å²) in [6, 6.07) is 81.5. The minimum atomic E-state index is 0.00391. The summed E-state index contributed by atoms with van der Waals surface area (Å²) in [5.74, 6) is 0. The summed E-state index contributed by atoms with van der Waals surface area (Å²) in [5, 5.41) is 12.4. The molecule has 3 heterocycles. The molecule has 0 atom stereocenters. The van der Waals surface area contributed by atoms with Crippen molar-refractivity contribution in [2.24, 2.45) is 0 Å². The molecule has 0 saturated carbocycles. The van der Waals surface area contributed by atoms with E-state index in [0.717, 1.165) is 27.9 Å². The topological polar surface area (TPSA) is 17.3 Å². The fraction of sp³-hybridized carbons (Fsp3) is 0.0455. The Morgan fingerprint density at radius 1 is 0.377 bits per heavy atom. The van der Waals surface area contributed by atoms with Crippen molar-refractivity contribution in [2.75, 3.05) is 0 Å². The Kier molecular flexibility index (Phi) is 8.03. The van der Waals surface area contributed by atoms with Crippen LogP contribution in [0.4, 0.5) is 0 Å². The molecule has 2 nitrogen and oxygen atoms in total. The van der Waals surface area contributed by atoms with Gasteiger partial charge < -0.3 is 0 Å². The molecule has 14 aromatic rings. The van der Waals surface area contributed by atoms with E-state index in [1.165, 1.54) is 119 Å². The fourth-order valence-electron chi connectivity index (χ4n) is 11.8. The quantitative estimate of drug-likeness (QED) is 0.161. The number of nitrogens with zero attached hydrogens (tertiary/aromatic N) is 2. The summed E-state index contributed by atoms with van der Waals surface area (Å²) in [4.78, 5) is 5.48. The molecule has 0 spiro atoms. The van der Waals surface area contributed by atoms with Gasteiger partial charge in [0.25, 0.3) is 0 Å². The third-order valence-electron chi connectivity index (χ3n) is 15.3. The Hall–Kier alpha value is -8.37. The van der Waals surface area contributed by atoms with Crippen LogP contribution in [0.25, 0.3) is 136 Å². The van der Waals surface area contributed by atoms with Gasteiger partial charge in [-0.1, -0.05) is 184 Å². The fourth-order valence-corrected chi connectivity index (χ4v) is 13.0. The van der Waals surface area contributed by atoms with E-state index < -0.39 is 0 Å². The molecule has 0 N–H and O–H groups in total. The van der Waals surface area contributed by atoms with Gasteiger partial charge in [0, 0.05) is 20.9 Å². The van der Waals surface area contributed by atoms with Crippen LogP contribution in [0.15, 0.2) is 218 Å². The van der Waals surface area contributed by atoms with Gasteiger partial charge in [0.2, 0.25) is 0 Å². The van der Waals surface area contributed by atoms with E-state index in [-0.39, 0.29) is 5.41 Å². The summed E-state index contributed by atoms with van der Waals surface area (Å²) in [7, 11) is 0. The van der Waals surface area contributed by atoms with Crippen LogP contribution in [-0.4, -0.2) is 9.38 Å². The normalized spacial score (nSPS) is 13.2. The van der Waals surface area contributed by atoms with Crippen molar-refractivity contribution in [3.8, 4) is 55.8 Å². The molecule has 0 unspecified atom stereocenters. The predicted molar refractivity (Wildman–Crippen MR) is 295 cm³/mol. The number of thiophene rings is 1. The molecule has 69 heavy (non-hydrogen) atoms. The lowest BCUT2D eigenvalue weighted by Crippen LogP contribution is -2.14. The number of hydrogen-bond acceptors (Lipinski definition) is 2. The smallest absolute Gasteiger partial charge is 0.156 e. The molecule has 0 bridgehead atoms. The number of hydrogen-bond donors (Lipinski definition) is 0. The minimum absolute atomic E-state index is 0.00391. The average molecular weight is 895 g/mol. The standard InChI is InChI=1S/C66H42N2S/c1-66(2)58-18-10-9-17-54(58)55-33-47(27-30-59(55)66)39-19-21-40(22-20-39)50-28-29-51(53-16-8-7-15-52(50)53)41-23-25-42(26-24-41)61-38-57-56-34-45-13-5-6-14-46(45)37-63(56)69-64(57)65-67-60-35-48-31-43-11-3-4-12-44(43)32-49(48)36-62(60)68(61)65/h3-38H,1-2H3. The van der Waals surface area contributed by atoms with Crippen molar-refractivity contribution >= 4 is 91.3 Å². The summed E-state index contributed by atoms with van der Waals surface area (Å²) >= 11 is 1.85. The highest BCUT2D eigenvalue weighted by atomic mass is 32.1. The molecule has 0 fully saturated rings. The summed E-state index contributed by atoms with van der Waals surface area (Å²) < 4.78 is 4.91. The SMILES string of the molecule is CC1(C)c2ccccc2-c2cc(-c3ccc(-c4ccc(-c5ccc(-c6cc7c8cc9ccccc9cc8sc7c7nc8cc9cc%10ccccc%10cc9cc8n67)cc5)c5ccccc45)cc3)ccc21. The van der Waals surface area contributed by atoms with E-state index in [2.05, 4.69) is 237 Å². The minimum Gasteiger partial charge on any atom is -0.291 e. The molecule has 1 aliphatic carbocycles. The molecule has 11 aromatic carbocycles. The highest BCUT2D eigenvalue weighted by Gasteiger charge is 2.35.